The van der Waals surface area contributed by atoms with E-state index in [1.54, 1.807) is 24.3 Å². The summed E-state index contributed by atoms with van der Waals surface area (Å²) in [6, 6.07) is 10.3. The van der Waals surface area contributed by atoms with E-state index in [9.17, 15) is 14.5 Å². The highest BCUT2D eigenvalue weighted by molar-refractivity contribution is 9.10. The molecule has 0 heterocycles. The molecule has 2 rings (SSSR count). The lowest BCUT2D eigenvalue weighted by atomic mass is 10.2. The van der Waals surface area contributed by atoms with Crippen molar-refractivity contribution in [3.63, 3.8) is 0 Å². The Kier molecular flexibility index (Phi) is 4.11. The summed E-state index contributed by atoms with van der Waals surface area (Å²) in [4.78, 5) is 10.3. The lowest BCUT2D eigenvalue weighted by Crippen LogP contribution is -2.01. The number of hydrogen-bond donors (Lipinski definition) is 0. The number of halogens is 2. The molecule has 0 fully saturated rings. The van der Waals surface area contributed by atoms with E-state index in [2.05, 4.69) is 15.9 Å². The van der Waals surface area contributed by atoms with Crippen LogP contribution in [-0.2, 0) is 6.61 Å². The summed E-state index contributed by atoms with van der Waals surface area (Å²) in [6.07, 6.45) is 0. The van der Waals surface area contributed by atoms with Gasteiger partial charge in [-0.1, -0.05) is 15.9 Å². The summed E-state index contributed by atoms with van der Waals surface area (Å²) in [5.41, 5.74) is 0.0476. The average Bonchev–Trinajstić information content (AvgIpc) is 2.38. The summed E-state index contributed by atoms with van der Waals surface area (Å²) in [6.45, 7) is -0.0598. The van der Waals surface area contributed by atoms with Crippen LogP contribution in [0, 0.1) is 15.9 Å². The number of nitro groups is 1. The van der Waals surface area contributed by atoms with Gasteiger partial charge < -0.3 is 4.74 Å². The van der Waals surface area contributed by atoms with Crippen LogP contribution in [0.1, 0.15) is 5.56 Å². The SMILES string of the molecule is O=[N+]([O-])c1ccc(F)cc1COc1ccc(Br)cc1. The van der Waals surface area contributed by atoms with Crippen LogP contribution in [0.2, 0.25) is 0 Å². The van der Waals surface area contributed by atoms with Gasteiger partial charge in [-0.2, -0.15) is 0 Å². The van der Waals surface area contributed by atoms with Crippen LogP contribution < -0.4 is 4.74 Å². The van der Waals surface area contributed by atoms with Gasteiger partial charge in [0.05, 0.1) is 10.5 Å². The summed E-state index contributed by atoms with van der Waals surface area (Å²) >= 11 is 3.29. The van der Waals surface area contributed by atoms with Gasteiger partial charge in [-0.3, -0.25) is 10.1 Å². The first-order valence-corrected chi connectivity index (χ1v) is 6.17. The normalized spacial score (nSPS) is 10.2. The standard InChI is InChI=1S/C13H9BrFNO3/c14-10-1-4-12(5-2-10)19-8-9-7-11(15)3-6-13(9)16(17)18/h1-7H,8H2. The highest BCUT2D eigenvalue weighted by Crippen LogP contribution is 2.22. The third-order valence-electron chi connectivity index (χ3n) is 2.45. The molecule has 4 nitrogen and oxygen atoms in total. The van der Waals surface area contributed by atoms with Gasteiger partial charge in [0.1, 0.15) is 18.2 Å². The Bertz CT molecular complexity index is 601. The minimum Gasteiger partial charge on any atom is -0.489 e. The molecule has 0 aromatic heterocycles. The number of nitrogens with zero attached hydrogens (tertiary/aromatic N) is 1. The van der Waals surface area contributed by atoms with Gasteiger partial charge in [-0.05, 0) is 36.4 Å². The number of hydrogen-bond acceptors (Lipinski definition) is 3. The van der Waals surface area contributed by atoms with Crippen LogP contribution >= 0.6 is 15.9 Å². The van der Waals surface area contributed by atoms with E-state index in [0.29, 0.717) is 5.75 Å². The molecule has 0 atom stereocenters. The molecule has 0 radical (unpaired) electrons. The van der Waals surface area contributed by atoms with Crippen molar-refractivity contribution in [2.75, 3.05) is 0 Å². The monoisotopic (exact) mass is 325 g/mol. The van der Waals surface area contributed by atoms with Gasteiger partial charge in [0, 0.05) is 10.5 Å². The lowest BCUT2D eigenvalue weighted by Gasteiger charge is -2.07. The molecule has 2 aromatic carbocycles. The van der Waals surface area contributed by atoms with Crippen molar-refractivity contribution in [2.24, 2.45) is 0 Å². The van der Waals surface area contributed by atoms with Crippen molar-refractivity contribution >= 4 is 21.6 Å². The molecule has 0 N–H and O–H groups in total. The Balaban J connectivity index is 2.16. The zero-order valence-electron chi connectivity index (χ0n) is 9.68. The molecular weight excluding hydrogens is 317 g/mol. The van der Waals surface area contributed by atoms with E-state index in [-0.39, 0.29) is 17.9 Å². The highest BCUT2D eigenvalue weighted by Gasteiger charge is 2.14. The molecule has 0 aliphatic rings. The second kappa shape index (κ2) is 5.79. The Hall–Kier alpha value is -1.95. The highest BCUT2D eigenvalue weighted by atomic mass is 79.9. The summed E-state index contributed by atoms with van der Waals surface area (Å²) in [7, 11) is 0. The van der Waals surface area contributed by atoms with E-state index < -0.39 is 10.7 Å². The van der Waals surface area contributed by atoms with Crippen LogP contribution in [0.5, 0.6) is 5.75 Å². The Morgan fingerprint density at radius 1 is 1.21 bits per heavy atom. The summed E-state index contributed by atoms with van der Waals surface area (Å²) in [5, 5.41) is 10.8. The van der Waals surface area contributed by atoms with Crippen molar-refractivity contribution in [3.05, 3.63) is 68.4 Å². The molecule has 0 bridgehead atoms. The Morgan fingerprint density at radius 3 is 2.53 bits per heavy atom. The molecule has 0 unspecified atom stereocenters. The third-order valence-corrected chi connectivity index (χ3v) is 2.97. The second-order valence-electron chi connectivity index (χ2n) is 3.77. The van der Waals surface area contributed by atoms with Crippen molar-refractivity contribution < 1.29 is 14.1 Å². The Labute approximate surface area is 117 Å². The van der Waals surface area contributed by atoms with Crippen LogP contribution in [0.4, 0.5) is 10.1 Å². The predicted octanol–water partition coefficient (Wildman–Crippen LogP) is 4.08. The minimum absolute atomic E-state index is 0.0598. The van der Waals surface area contributed by atoms with E-state index in [0.717, 1.165) is 22.7 Å². The molecule has 0 saturated heterocycles. The van der Waals surface area contributed by atoms with E-state index in [4.69, 9.17) is 4.74 Å². The third kappa shape index (κ3) is 3.51. The fraction of sp³-hybridized carbons (Fsp3) is 0.0769. The molecular formula is C13H9BrFNO3. The average molecular weight is 326 g/mol. The van der Waals surface area contributed by atoms with Crippen LogP contribution in [-0.4, -0.2) is 4.92 Å². The molecule has 0 amide bonds. The first-order valence-electron chi connectivity index (χ1n) is 5.37. The quantitative estimate of drug-likeness (QED) is 0.628. The number of ether oxygens (including phenoxy) is 1. The van der Waals surface area contributed by atoms with Crippen LogP contribution in [0.15, 0.2) is 46.9 Å². The summed E-state index contributed by atoms with van der Waals surface area (Å²) < 4.78 is 19.4. The van der Waals surface area contributed by atoms with Crippen molar-refractivity contribution in [3.8, 4) is 5.75 Å². The van der Waals surface area contributed by atoms with Crippen molar-refractivity contribution in [2.45, 2.75) is 6.61 Å². The second-order valence-corrected chi connectivity index (χ2v) is 4.69. The topological polar surface area (TPSA) is 52.4 Å². The van der Waals surface area contributed by atoms with Gasteiger partial charge in [0.25, 0.3) is 5.69 Å². The lowest BCUT2D eigenvalue weighted by molar-refractivity contribution is -0.385. The maximum Gasteiger partial charge on any atom is 0.276 e. The fourth-order valence-corrected chi connectivity index (χ4v) is 1.80. The molecule has 19 heavy (non-hydrogen) atoms. The van der Waals surface area contributed by atoms with Gasteiger partial charge in [0.2, 0.25) is 0 Å². The predicted molar refractivity (Wildman–Crippen MR) is 71.5 cm³/mol. The maximum atomic E-state index is 13.1. The van der Waals surface area contributed by atoms with Crippen molar-refractivity contribution in [1.29, 1.82) is 0 Å². The number of rotatable bonds is 4. The number of nitro benzene ring substituents is 1. The van der Waals surface area contributed by atoms with Crippen molar-refractivity contribution in [1.82, 2.24) is 0 Å². The zero-order valence-corrected chi connectivity index (χ0v) is 11.3. The number of benzene rings is 2. The van der Waals surface area contributed by atoms with E-state index >= 15 is 0 Å². The zero-order chi connectivity index (χ0) is 13.8. The van der Waals surface area contributed by atoms with Gasteiger partial charge in [-0.15, -0.1) is 0 Å². The molecule has 0 spiro atoms. The Morgan fingerprint density at radius 2 is 1.89 bits per heavy atom. The molecule has 6 heteroatoms. The van der Waals surface area contributed by atoms with Gasteiger partial charge in [0.15, 0.2) is 0 Å². The van der Waals surface area contributed by atoms with E-state index in [1.807, 2.05) is 0 Å². The molecule has 0 aliphatic carbocycles. The van der Waals surface area contributed by atoms with Gasteiger partial charge in [-0.25, -0.2) is 4.39 Å². The smallest absolute Gasteiger partial charge is 0.276 e. The first kappa shape index (κ1) is 13.5. The largest absolute Gasteiger partial charge is 0.489 e. The van der Waals surface area contributed by atoms with Crippen LogP contribution in [0.3, 0.4) is 0 Å². The molecule has 2 aromatic rings. The summed E-state index contributed by atoms with van der Waals surface area (Å²) in [5.74, 6) is 0.0294. The maximum absolute atomic E-state index is 13.1. The molecule has 0 saturated carbocycles. The fourth-order valence-electron chi connectivity index (χ4n) is 1.54. The van der Waals surface area contributed by atoms with Crippen LogP contribution in [0.25, 0.3) is 0 Å². The molecule has 0 aliphatic heterocycles. The van der Waals surface area contributed by atoms with E-state index in [1.165, 1.54) is 0 Å². The first-order chi connectivity index (χ1) is 9.06. The molecule has 98 valence electrons. The van der Waals surface area contributed by atoms with Gasteiger partial charge >= 0.3 is 0 Å². The minimum atomic E-state index is -0.556.